The van der Waals surface area contributed by atoms with E-state index in [0.29, 0.717) is 43.3 Å². The Balaban J connectivity index is 1.63. The molecule has 2 amide bonds. The number of para-hydroxylation sites is 1. The molecular weight excluding hydrogens is 376 g/mol. The predicted octanol–water partition coefficient (Wildman–Crippen LogP) is 1.96. The monoisotopic (exact) mass is 398 g/mol. The van der Waals surface area contributed by atoms with Gasteiger partial charge < -0.3 is 24.4 Å². The summed E-state index contributed by atoms with van der Waals surface area (Å²) in [5.74, 6) is -0.702. The summed E-state index contributed by atoms with van der Waals surface area (Å²) in [4.78, 5) is 38.7. The van der Waals surface area contributed by atoms with Crippen molar-refractivity contribution in [2.45, 2.75) is 0 Å². The minimum Gasteiger partial charge on any atom is -0.497 e. The van der Waals surface area contributed by atoms with E-state index < -0.39 is 5.97 Å². The molecule has 0 bridgehead atoms. The quantitative estimate of drug-likeness (QED) is 0.748. The van der Waals surface area contributed by atoms with E-state index in [4.69, 9.17) is 14.2 Å². The van der Waals surface area contributed by atoms with E-state index in [1.54, 1.807) is 54.5 Å². The summed E-state index contributed by atoms with van der Waals surface area (Å²) in [6.07, 6.45) is 0. The number of hydrogen-bond acceptors (Lipinski definition) is 6. The van der Waals surface area contributed by atoms with Crippen molar-refractivity contribution >= 4 is 23.5 Å². The minimum atomic E-state index is -0.683. The first kappa shape index (κ1) is 20.3. The van der Waals surface area contributed by atoms with Gasteiger partial charge >= 0.3 is 5.97 Å². The number of methoxy groups -OCH3 is 1. The molecule has 1 heterocycles. The third kappa shape index (κ3) is 5.32. The van der Waals surface area contributed by atoms with Crippen LogP contribution in [0.1, 0.15) is 20.7 Å². The Kier molecular flexibility index (Phi) is 6.80. The Labute approximate surface area is 168 Å². The smallest absolute Gasteiger partial charge is 0.340 e. The number of hydrogen-bond donors (Lipinski definition) is 1. The van der Waals surface area contributed by atoms with Gasteiger partial charge in [0.1, 0.15) is 5.75 Å². The molecule has 0 aliphatic carbocycles. The topological polar surface area (TPSA) is 94.2 Å². The molecule has 1 saturated heterocycles. The van der Waals surface area contributed by atoms with E-state index in [-0.39, 0.29) is 24.0 Å². The molecule has 0 unspecified atom stereocenters. The Morgan fingerprint density at radius 1 is 1.03 bits per heavy atom. The van der Waals surface area contributed by atoms with Crippen molar-refractivity contribution < 1.29 is 28.6 Å². The average molecular weight is 398 g/mol. The first-order valence-electron chi connectivity index (χ1n) is 9.15. The highest BCUT2D eigenvalue weighted by atomic mass is 16.5. The zero-order valence-electron chi connectivity index (χ0n) is 16.1. The number of rotatable bonds is 6. The van der Waals surface area contributed by atoms with Crippen molar-refractivity contribution in [3.8, 4) is 5.75 Å². The van der Waals surface area contributed by atoms with Crippen molar-refractivity contribution in [2.24, 2.45) is 0 Å². The van der Waals surface area contributed by atoms with Crippen LogP contribution in [0.2, 0.25) is 0 Å². The summed E-state index contributed by atoms with van der Waals surface area (Å²) in [5, 5.41) is 2.70. The molecule has 1 fully saturated rings. The molecule has 0 aromatic heterocycles. The highest BCUT2D eigenvalue weighted by Gasteiger charge is 2.20. The maximum absolute atomic E-state index is 12.5. The molecule has 2 aromatic rings. The zero-order chi connectivity index (χ0) is 20.6. The SMILES string of the molecule is COc1ccc(C(=O)Nc2ccccc2C(=O)OCC(=O)N2CCOCC2)cc1. The van der Waals surface area contributed by atoms with Crippen molar-refractivity contribution in [1.82, 2.24) is 4.90 Å². The molecule has 2 aromatic carbocycles. The van der Waals surface area contributed by atoms with Crippen LogP contribution in [0, 0.1) is 0 Å². The van der Waals surface area contributed by atoms with Gasteiger partial charge in [-0.1, -0.05) is 12.1 Å². The standard InChI is InChI=1S/C21H22N2O6/c1-27-16-8-6-15(7-9-16)20(25)22-18-5-3-2-4-17(18)21(26)29-14-19(24)23-10-12-28-13-11-23/h2-9H,10-14H2,1H3,(H,22,25). The lowest BCUT2D eigenvalue weighted by Gasteiger charge is -2.26. The van der Waals surface area contributed by atoms with Crippen LogP contribution in [0.4, 0.5) is 5.69 Å². The lowest BCUT2D eigenvalue weighted by atomic mass is 10.1. The molecule has 8 nitrogen and oxygen atoms in total. The summed E-state index contributed by atoms with van der Waals surface area (Å²) in [5.41, 5.74) is 0.887. The van der Waals surface area contributed by atoms with E-state index in [2.05, 4.69) is 5.32 Å². The minimum absolute atomic E-state index is 0.170. The molecule has 8 heteroatoms. The van der Waals surface area contributed by atoms with E-state index in [0.717, 1.165) is 0 Å². The van der Waals surface area contributed by atoms with Gasteiger partial charge in [0.25, 0.3) is 11.8 Å². The van der Waals surface area contributed by atoms with Gasteiger partial charge in [0, 0.05) is 18.7 Å². The molecule has 0 spiro atoms. The van der Waals surface area contributed by atoms with Crippen molar-refractivity contribution in [1.29, 1.82) is 0 Å². The molecule has 3 rings (SSSR count). The molecule has 1 N–H and O–H groups in total. The number of benzene rings is 2. The van der Waals surface area contributed by atoms with Crippen molar-refractivity contribution in [2.75, 3.05) is 45.3 Å². The van der Waals surface area contributed by atoms with Gasteiger partial charge in [0.15, 0.2) is 6.61 Å². The predicted molar refractivity (Wildman–Crippen MR) is 105 cm³/mol. The Morgan fingerprint density at radius 2 is 1.72 bits per heavy atom. The number of nitrogens with one attached hydrogen (secondary N) is 1. The third-order valence-electron chi connectivity index (χ3n) is 4.44. The van der Waals surface area contributed by atoms with Gasteiger partial charge in [0.2, 0.25) is 0 Å². The van der Waals surface area contributed by atoms with Crippen LogP contribution in [0.5, 0.6) is 5.75 Å². The van der Waals surface area contributed by atoms with Gasteiger partial charge in [-0.25, -0.2) is 4.79 Å². The first-order valence-corrected chi connectivity index (χ1v) is 9.15. The number of nitrogens with zero attached hydrogens (tertiary/aromatic N) is 1. The fourth-order valence-electron chi connectivity index (χ4n) is 2.82. The number of ether oxygens (including phenoxy) is 3. The second-order valence-electron chi connectivity index (χ2n) is 6.30. The summed E-state index contributed by atoms with van der Waals surface area (Å²) in [6, 6.07) is 13.1. The summed E-state index contributed by atoms with van der Waals surface area (Å²) < 4.78 is 15.4. The number of anilines is 1. The lowest BCUT2D eigenvalue weighted by Crippen LogP contribution is -2.42. The van der Waals surface area contributed by atoms with Gasteiger partial charge in [-0.2, -0.15) is 0 Å². The lowest BCUT2D eigenvalue weighted by molar-refractivity contribution is -0.138. The normalized spacial score (nSPS) is 13.5. The number of esters is 1. The van der Waals surface area contributed by atoms with E-state index in [1.165, 1.54) is 6.07 Å². The van der Waals surface area contributed by atoms with E-state index in [9.17, 15) is 14.4 Å². The molecule has 0 atom stereocenters. The molecule has 0 radical (unpaired) electrons. The van der Waals surface area contributed by atoms with Crippen LogP contribution in [0.3, 0.4) is 0 Å². The van der Waals surface area contributed by atoms with E-state index >= 15 is 0 Å². The Hall–Kier alpha value is -3.39. The largest absolute Gasteiger partial charge is 0.497 e. The van der Waals surface area contributed by atoms with Crippen molar-refractivity contribution in [3.63, 3.8) is 0 Å². The molecule has 29 heavy (non-hydrogen) atoms. The molecule has 1 aliphatic rings. The summed E-state index contributed by atoms with van der Waals surface area (Å²) >= 11 is 0. The van der Waals surface area contributed by atoms with Crippen LogP contribution in [-0.2, 0) is 14.3 Å². The summed E-state index contributed by atoms with van der Waals surface area (Å²) in [6.45, 7) is 1.54. The van der Waals surface area contributed by atoms with Gasteiger partial charge in [-0.3, -0.25) is 9.59 Å². The maximum atomic E-state index is 12.5. The van der Waals surface area contributed by atoms with Gasteiger partial charge in [-0.05, 0) is 36.4 Å². The molecule has 152 valence electrons. The number of carbonyl (C=O) groups excluding carboxylic acids is 3. The molecular formula is C21H22N2O6. The molecule has 1 aliphatic heterocycles. The fourth-order valence-corrected chi connectivity index (χ4v) is 2.82. The first-order chi connectivity index (χ1) is 14.1. The van der Waals surface area contributed by atoms with Crippen molar-refractivity contribution in [3.05, 3.63) is 59.7 Å². The second kappa shape index (κ2) is 9.70. The average Bonchev–Trinajstić information content (AvgIpc) is 2.78. The number of amides is 2. The van der Waals surface area contributed by atoms with Crippen LogP contribution in [0.25, 0.3) is 0 Å². The second-order valence-corrected chi connectivity index (χ2v) is 6.30. The van der Waals surface area contributed by atoms with Gasteiger partial charge in [0.05, 0.1) is 31.6 Å². The molecule has 0 saturated carbocycles. The summed E-state index contributed by atoms with van der Waals surface area (Å²) in [7, 11) is 1.54. The highest BCUT2D eigenvalue weighted by molar-refractivity contribution is 6.08. The number of carbonyl (C=O) groups is 3. The fraction of sp³-hybridized carbons (Fsp3) is 0.286. The Morgan fingerprint density at radius 3 is 2.41 bits per heavy atom. The van der Waals surface area contributed by atoms with Gasteiger partial charge in [-0.15, -0.1) is 0 Å². The van der Waals surface area contributed by atoms with Crippen LogP contribution in [0.15, 0.2) is 48.5 Å². The zero-order valence-corrected chi connectivity index (χ0v) is 16.1. The maximum Gasteiger partial charge on any atom is 0.340 e. The van der Waals surface area contributed by atoms with Crippen LogP contribution >= 0.6 is 0 Å². The Bertz CT molecular complexity index is 875. The third-order valence-corrected chi connectivity index (χ3v) is 4.44. The van der Waals surface area contributed by atoms with Crippen LogP contribution in [-0.4, -0.2) is 62.7 Å². The number of morpholine rings is 1. The van der Waals surface area contributed by atoms with Crippen LogP contribution < -0.4 is 10.1 Å². The highest BCUT2D eigenvalue weighted by Crippen LogP contribution is 2.18. The van der Waals surface area contributed by atoms with E-state index in [1.807, 2.05) is 0 Å².